The summed E-state index contributed by atoms with van der Waals surface area (Å²) in [5.41, 5.74) is 0. The number of carbonyl (C=O) groups excluding carboxylic acids is 3. The fraction of sp³-hybridized carbons (Fsp3) is 0.750. The molecule has 2 unspecified atom stereocenters. The fourth-order valence-electron chi connectivity index (χ4n) is 2.07. The molecule has 2 atom stereocenters. The van der Waals surface area contributed by atoms with Crippen molar-refractivity contribution in [1.29, 1.82) is 0 Å². The molecule has 1 aliphatic rings. The third-order valence-corrected chi connectivity index (χ3v) is 2.82. The van der Waals surface area contributed by atoms with Gasteiger partial charge in [-0.25, -0.2) is 0 Å². The van der Waals surface area contributed by atoms with E-state index in [1.54, 1.807) is 13.8 Å². The van der Waals surface area contributed by atoms with Crippen molar-refractivity contribution < 1.29 is 23.9 Å². The monoisotopic (exact) mass is 242 g/mol. The Balaban J connectivity index is 2.80. The summed E-state index contributed by atoms with van der Waals surface area (Å²) < 4.78 is 9.73. The minimum atomic E-state index is -0.970. The molecule has 17 heavy (non-hydrogen) atoms. The Morgan fingerprint density at radius 2 is 1.76 bits per heavy atom. The van der Waals surface area contributed by atoms with E-state index < -0.39 is 23.8 Å². The lowest BCUT2D eigenvalue weighted by Crippen LogP contribution is -2.40. The van der Waals surface area contributed by atoms with Crippen molar-refractivity contribution in [2.45, 2.75) is 33.1 Å². The van der Waals surface area contributed by atoms with Crippen LogP contribution in [0, 0.1) is 11.8 Å². The van der Waals surface area contributed by atoms with Crippen molar-refractivity contribution in [1.82, 2.24) is 0 Å². The maximum absolute atomic E-state index is 11.7. The van der Waals surface area contributed by atoms with E-state index in [9.17, 15) is 14.4 Å². The van der Waals surface area contributed by atoms with Gasteiger partial charge < -0.3 is 9.47 Å². The van der Waals surface area contributed by atoms with E-state index in [0.717, 1.165) is 0 Å². The summed E-state index contributed by atoms with van der Waals surface area (Å²) in [5.74, 6) is -2.93. The molecule has 0 radical (unpaired) electrons. The molecule has 1 saturated carbocycles. The highest BCUT2D eigenvalue weighted by Gasteiger charge is 2.43. The molecule has 0 aromatic rings. The zero-order valence-electron chi connectivity index (χ0n) is 10.2. The Labute approximate surface area is 100 Å². The summed E-state index contributed by atoms with van der Waals surface area (Å²) in [4.78, 5) is 35.1. The molecule has 1 aliphatic carbocycles. The molecule has 0 saturated heterocycles. The van der Waals surface area contributed by atoms with E-state index in [1.807, 2.05) is 0 Å². The summed E-state index contributed by atoms with van der Waals surface area (Å²) in [6.07, 6.45) is 1.46. The van der Waals surface area contributed by atoms with Gasteiger partial charge in [-0.15, -0.1) is 0 Å². The number of hydrogen-bond donors (Lipinski definition) is 0. The molecule has 0 aromatic heterocycles. The molecule has 1 fully saturated rings. The molecule has 5 heteroatoms. The number of rotatable bonds is 4. The molecule has 0 heterocycles. The lowest BCUT2D eigenvalue weighted by molar-refractivity contribution is -0.165. The van der Waals surface area contributed by atoms with E-state index in [2.05, 4.69) is 0 Å². The van der Waals surface area contributed by atoms with Crippen molar-refractivity contribution in [3.05, 3.63) is 0 Å². The number of carbonyl (C=O) groups is 3. The largest absolute Gasteiger partial charge is 0.466 e. The van der Waals surface area contributed by atoms with Gasteiger partial charge >= 0.3 is 11.9 Å². The SMILES string of the molecule is CCOC(=O)C1CCCC(=O)C1C(=O)OCC. The molecule has 5 nitrogen and oxygen atoms in total. The maximum Gasteiger partial charge on any atom is 0.317 e. The van der Waals surface area contributed by atoms with Gasteiger partial charge in [-0.3, -0.25) is 14.4 Å². The number of esters is 2. The Morgan fingerprint density at radius 3 is 2.35 bits per heavy atom. The highest BCUT2D eigenvalue weighted by molar-refractivity contribution is 6.03. The third-order valence-electron chi connectivity index (χ3n) is 2.82. The first-order chi connectivity index (χ1) is 8.11. The highest BCUT2D eigenvalue weighted by Crippen LogP contribution is 2.29. The molecule has 1 rings (SSSR count). The molecular formula is C12H18O5. The first-order valence-corrected chi connectivity index (χ1v) is 5.97. The molecule has 96 valence electrons. The van der Waals surface area contributed by atoms with Crippen molar-refractivity contribution in [2.75, 3.05) is 13.2 Å². The highest BCUT2D eigenvalue weighted by atomic mass is 16.5. The van der Waals surface area contributed by atoms with Gasteiger partial charge in [0.05, 0.1) is 19.1 Å². The minimum absolute atomic E-state index is 0.207. The first kappa shape index (κ1) is 13.7. The van der Waals surface area contributed by atoms with Crippen LogP contribution in [-0.2, 0) is 23.9 Å². The van der Waals surface area contributed by atoms with Gasteiger partial charge in [-0.2, -0.15) is 0 Å². The van der Waals surface area contributed by atoms with Crippen LogP contribution in [-0.4, -0.2) is 30.9 Å². The Morgan fingerprint density at radius 1 is 1.18 bits per heavy atom. The summed E-state index contributed by atoms with van der Waals surface area (Å²) >= 11 is 0. The normalized spacial score (nSPS) is 24.2. The molecule has 0 amide bonds. The average molecular weight is 242 g/mol. The van der Waals surface area contributed by atoms with Gasteiger partial charge in [0.25, 0.3) is 0 Å². The average Bonchev–Trinajstić information content (AvgIpc) is 2.29. The van der Waals surface area contributed by atoms with E-state index in [1.165, 1.54) is 0 Å². The second-order valence-electron chi connectivity index (χ2n) is 3.95. The van der Waals surface area contributed by atoms with Crippen LogP contribution in [0.5, 0.6) is 0 Å². The lowest BCUT2D eigenvalue weighted by atomic mass is 9.78. The number of ketones is 1. The van der Waals surface area contributed by atoms with Crippen molar-refractivity contribution >= 4 is 17.7 Å². The maximum atomic E-state index is 11.7. The summed E-state index contributed by atoms with van der Waals surface area (Å²) in [6.45, 7) is 3.82. The molecule has 0 spiro atoms. The van der Waals surface area contributed by atoms with Crippen LogP contribution in [0.1, 0.15) is 33.1 Å². The molecule has 0 bridgehead atoms. The second kappa shape index (κ2) is 6.37. The van der Waals surface area contributed by atoms with Crippen LogP contribution in [0.2, 0.25) is 0 Å². The van der Waals surface area contributed by atoms with Crippen LogP contribution in [0.15, 0.2) is 0 Å². The van der Waals surface area contributed by atoms with E-state index in [4.69, 9.17) is 9.47 Å². The van der Waals surface area contributed by atoms with Gasteiger partial charge in [0, 0.05) is 6.42 Å². The predicted octanol–water partition coefficient (Wildman–Crippen LogP) is 1.10. The van der Waals surface area contributed by atoms with Gasteiger partial charge in [0.2, 0.25) is 0 Å². The minimum Gasteiger partial charge on any atom is -0.466 e. The topological polar surface area (TPSA) is 69.7 Å². The Hall–Kier alpha value is -1.39. The predicted molar refractivity (Wildman–Crippen MR) is 59.1 cm³/mol. The first-order valence-electron chi connectivity index (χ1n) is 5.97. The van der Waals surface area contributed by atoms with Crippen molar-refractivity contribution in [2.24, 2.45) is 11.8 Å². The van der Waals surface area contributed by atoms with Crippen LogP contribution in [0.3, 0.4) is 0 Å². The van der Waals surface area contributed by atoms with Crippen LogP contribution in [0.4, 0.5) is 0 Å². The summed E-state index contributed by atoms with van der Waals surface area (Å²) in [6, 6.07) is 0. The van der Waals surface area contributed by atoms with E-state index in [0.29, 0.717) is 19.3 Å². The van der Waals surface area contributed by atoms with Gasteiger partial charge in [0.15, 0.2) is 0 Å². The zero-order valence-corrected chi connectivity index (χ0v) is 10.2. The standard InChI is InChI=1S/C12H18O5/c1-3-16-11(14)8-6-5-7-9(13)10(8)12(15)17-4-2/h8,10H,3-7H2,1-2H3. The number of ether oxygens (including phenoxy) is 2. The van der Waals surface area contributed by atoms with Crippen LogP contribution < -0.4 is 0 Å². The van der Waals surface area contributed by atoms with Crippen molar-refractivity contribution in [3.8, 4) is 0 Å². The van der Waals surface area contributed by atoms with Gasteiger partial charge in [0.1, 0.15) is 11.7 Å². The van der Waals surface area contributed by atoms with E-state index >= 15 is 0 Å². The fourth-order valence-corrected chi connectivity index (χ4v) is 2.07. The summed E-state index contributed by atoms with van der Waals surface area (Å²) in [7, 11) is 0. The van der Waals surface area contributed by atoms with Crippen LogP contribution in [0.25, 0.3) is 0 Å². The van der Waals surface area contributed by atoms with Crippen molar-refractivity contribution in [3.63, 3.8) is 0 Å². The number of hydrogen-bond acceptors (Lipinski definition) is 5. The smallest absolute Gasteiger partial charge is 0.317 e. The molecule has 0 aliphatic heterocycles. The van der Waals surface area contributed by atoms with Gasteiger partial charge in [-0.1, -0.05) is 0 Å². The zero-order chi connectivity index (χ0) is 12.8. The van der Waals surface area contributed by atoms with E-state index in [-0.39, 0.29) is 19.0 Å². The molecular weight excluding hydrogens is 224 g/mol. The Bertz CT molecular complexity index is 310. The lowest BCUT2D eigenvalue weighted by Gasteiger charge is -2.26. The summed E-state index contributed by atoms with van der Waals surface area (Å²) in [5, 5.41) is 0. The Kier molecular flexibility index (Phi) is 5.12. The third kappa shape index (κ3) is 3.28. The number of Topliss-reactive ketones (excluding diaryl/α,β-unsaturated/α-hetero) is 1. The quantitative estimate of drug-likeness (QED) is 0.545. The van der Waals surface area contributed by atoms with Gasteiger partial charge in [-0.05, 0) is 26.7 Å². The molecule has 0 N–H and O–H groups in total. The van der Waals surface area contributed by atoms with Crippen LogP contribution >= 0.6 is 0 Å². The molecule has 0 aromatic carbocycles. The second-order valence-corrected chi connectivity index (χ2v) is 3.95.